The Labute approximate surface area is 124 Å². The normalized spacial score (nSPS) is 24.6. The number of rotatable bonds is 2. The van der Waals surface area contributed by atoms with E-state index in [1.54, 1.807) is 0 Å². The second-order valence-corrected chi connectivity index (χ2v) is 5.66. The molecule has 5 nitrogen and oxygen atoms in total. The highest BCUT2D eigenvalue weighted by molar-refractivity contribution is 6.01. The molecule has 116 valence electrons. The van der Waals surface area contributed by atoms with Crippen molar-refractivity contribution in [2.75, 3.05) is 0 Å². The van der Waals surface area contributed by atoms with Crippen LogP contribution in [-0.4, -0.2) is 32.9 Å². The molecular weight excluding hydrogens is 272 g/mol. The monoisotopic (exact) mass is 294 g/mol. The Morgan fingerprint density at radius 3 is 1.86 bits per heavy atom. The lowest BCUT2D eigenvalue weighted by Gasteiger charge is -2.34. The molecule has 0 heterocycles. The first-order valence-corrected chi connectivity index (χ1v) is 7.03. The average Bonchev–Trinajstić information content (AvgIpc) is 2.42. The zero-order valence-corrected chi connectivity index (χ0v) is 12.4. The number of hydrogen-bond acceptors (Lipinski definition) is 3. The quantitative estimate of drug-likeness (QED) is 0.779. The summed E-state index contributed by atoms with van der Waals surface area (Å²) in [5.74, 6) is -1.95. The van der Waals surface area contributed by atoms with Crippen LogP contribution in [0.15, 0.2) is 24.3 Å². The van der Waals surface area contributed by atoms with Crippen LogP contribution in [0.4, 0.5) is 0 Å². The lowest BCUT2D eigenvalue weighted by Crippen LogP contribution is -2.35. The lowest BCUT2D eigenvalue weighted by atomic mass is 9.78. The lowest BCUT2D eigenvalue weighted by molar-refractivity contribution is -0.0239. The summed E-state index contributed by atoms with van der Waals surface area (Å²) < 4.78 is 0. The van der Waals surface area contributed by atoms with Gasteiger partial charge >= 0.3 is 11.9 Å². The highest BCUT2D eigenvalue weighted by atomic mass is 16.4. The molecule has 21 heavy (non-hydrogen) atoms. The Kier molecular flexibility index (Phi) is 5.90. The van der Waals surface area contributed by atoms with Crippen molar-refractivity contribution in [3.05, 3.63) is 35.4 Å². The molecule has 2 rings (SSSR count). The molecule has 0 aromatic heterocycles. The van der Waals surface area contributed by atoms with Crippen LogP contribution in [0.2, 0.25) is 0 Å². The fourth-order valence-electron chi connectivity index (χ4n) is 2.35. The number of carbonyl (C=O) groups is 2. The van der Waals surface area contributed by atoms with Gasteiger partial charge in [0, 0.05) is 0 Å². The van der Waals surface area contributed by atoms with Crippen molar-refractivity contribution in [2.45, 2.75) is 45.1 Å². The van der Waals surface area contributed by atoms with Gasteiger partial charge in [-0.1, -0.05) is 31.9 Å². The largest absolute Gasteiger partial charge is 0.478 e. The average molecular weight is 294 g/mol. The van der Waals surface area contributed by atoms with Gasteiger partial charge in [0.1, 0.15) is 0 Å². The number of aromatic carboxylic acids is 2. The third-order valence-corrected chi connectivity index (χ3v) is 4.02. The van der Waals surface area contributed by atoms with Crippen LogP contribution in [0.25, 0.3) is 0 Å². The number of hydrogen-bond donors (Lipinski definition) is 3. The highest BCUT2D eigenvalue weighted by Gasteiger charge is 2.30. The maximum Gasteiger partial charge on any atom is 0.336 e. The molecule has 1 aromatic rings. The fraction of sp³-hybridized carbons (Fsp3) is 0.500. The maximum atomic E-state index is 10.5. The third-order valence-electron chi connectivity index (χ3n) is 4.02. The van der Waals surface area contributed by atoms with Gasteiger partial charge in [-0.25, -0.2) is 9.59 Å². The van der Waals surface area contributed by atoms with Gasteiger partial charge in [0.2, 0.25) is 0 Å². The zero-order valence-electron chi connectivity index (χ0n) is 12.4. The molecule has 1 aliphatic rings. The Bertz CT molecular complexity index is 474. The van der Waals surface area contributed by atoms with E-state index in [0.29, 0.717) is 5.92 Å². The number of benzene rings is 1. The first-order valence-electron chi connectivity index (χ1n) is 7.03. The van der Waals surface area contributed by atoms with Gasteiger partial charge in [-0.3, -0.25) is 0 Å². The molecule has 3 N–H and O–H groups in total. The summed E-state index contributed by atoms with van der Waals surface area (Å²) in [6, 6.07) is 5.48. The first-order chi connectivity index (χ1) is 9.75. The van der Waals surface area contributed by atoms with E-state index in [2.05, 4.69) is 6.92 Å². The summed E-state index contributed by atoms with van der Waals surface area (Å²) in [6.45, 7) is 4.09. The van der Waals surface area contributed by atoms with E-state index in [1.165, 1.54) is 43.5 Å². The van der Waals surface area contributed by atoms with Gasteiger partial charge in [0.15, 0.2) is 0 Å². The first kappa shape index (κ1) is 17.2. The molecule has 2 unspecified atom stereocenters. The Morgan fingerprint density at radius 1 is 1.10 bits per heavy atom. The zero-order chi connectivity index (χ0) is 16.0. The smallest absolute Gasteiger partial charge is 0.336 e. The van der Waals surface area contributed by atoms with Crippen molar-refractivity contribution in [2.24, 2.45) is 5.92 Å². The molecule has 0 aliphatic heterocycles. The summed E-state index contributed by atoms with van der Waals surface area (Å²) in [7, 11) is 0. The number of carboxylic acids is 2. The summed E-state index contributed by atoms with van der Waals surface area (Å²) in [5.41, 5.74) is -0.742. The van der Waals surface area contributed by atoms with E-state index in [-0.39, 0.29) is 16.7 Å². The van der Waals surface area contributed by atoms with Crippen LogP contribution < -0.4 is 0 Å². The molecule has 0 spiro atoms. The van der Waals surface area contributed by atoms with E-state index in [1.807, 2.05) is 6.92 Å². The fourth-order valence-corrected chi connectivity index (χ4v) is 2.35. The van der Waals surface area contributed by atoms with Crippen LogP contribution in [0.1, 0.15) is 60.2 Å². The van der Waals surface area contributed by atoms with Crippen molar-refractivity contribution in [3.63, 3.8) is 0 Å². The van der Waals surface area contributed by atoms with Crippen molar-refractivity contribution < 1.29 is 24.9 Å². The highest BCUT2D eigenvalue weighted by Crippen LogP contribution is 2.32. The van der Waals surface area contributed by atoms with Crippen molar-refractivity contribution in [1.29, 1.82) is 0 Å². The molecule has 0 bridgehead atoms. The molecule has 0 amide bonds. The van der Waals surface area contributed by atoms with Crippen LogP contribution >= 0.6 is 0 Å². The molecule has 0 saturated heterocycles. The third kappa shape index (κ3) is 4.86. The molecule has 1 fully saturated rings. The van der Waals surface area contributed by atoms with Crippen LogP contribution in [-0.2, 0) is 0 Å². The predicted octanol–water partition coefficient (Wildman–Crippen LogP) is 3.03. The van der Waals surface area contributed by atoms with Crippen molar-refractivity contribution in [3.8, 4) is 0 Å². The minimum atomic E-state index is -1.23. The van der Waals surface area contributed by atoms with E-state index in [0.717, 1.165) is 6.42 Å². The van der Waals surface area contributed by atoms with Gasteiger partial charge in [-0.2, -0.15) is 0 Å². The molecule has 0 radical (unpaired) electrons. The summed E-state index contributed by atoms with van der Waals surface area (Å²) in [5, 5.41) is 26.7. The second kappa shape index (κ2) is 7.22. The number of carboxylic acid groups (broad SMARTS) is 2. The van der Waals surface area contributed by atoms with Crippen LogP contribution in [0, 0.1) is 5.92 Å². The van der Waals surface area contributed by atoms with Gasteiger partial charge in [0.05, 0.1) is 16.7 Å². The summed E-state index contributed by atoms with van der Waals surface area (Å²) in [6.07, 6.45) is 4.70. The summed E-state index contributed by atoms with van der Waals surface area (Å²) >= 11 is 0. The minimum absolute atomic E-state index is 0.190. The van der Waals surface area contributed by atoms with Crippen molar-refractivity contribution >= 4 is 11.9 Å². The Morgan fingerprint density at radius 2 is 1.57 bits per heavy atom. The second-order valence-electron chi connectivity index (χ2n) is 5.66. The maximum absolute atomic E-state index is 10.5. The number of aliphatic hydroxyl groups is 1. The molecular formula is C16H22O5. The standard InChI is InChI=1S/C8H6O4.C8H16O/c9-7(10)5-3-1-2-4-6(5)8(11)12;1-7-5-3-4-6-8(7,2)9/h1-4H,(H,9,10)(H,11,12);7,9H,3-6H2,1-2H3. The van der Waals surface area contributed by atoms with Gasteiger partial charge in [-0.15, -0.1) is 0 Å². The van der Waals surface area contributed by atoms with E-state index in [9.17, 15) is 14.7 Å². The van der Waals surface area contributed by atoms with Crippen LogP contribution in [0.5, 0.6) is 0 Å². The Balaban J connectivity index is 0.000000219. The van der Waals surface area contributed by atoms with Gasteiger partial charge in [0.25, 0.3) is 0 Å². The topological polar surface area (TPSA) is 94.8 Å². The molecule has 2 atom stereocenters. The van der Waals surface area contributed by atoms with Gasteiger partial charge in [-0.05, 0) is 37.8 Å². The van der Waals surface area contributed by atoms with Crippen molar-refractivity contribution in [1.82, 2.24) is 0 Å². The SMILES string of the molecule is CC1CCCCC1(C)O.O=C(O)c1ccccc1C(=O)O. The summed E-state index contributed by atoms with van der Waals surface area (Å²) in [4.78, 5) is 20.9. The predicted molar refractivity (Wildman–Crippen MR) is 78.6 cm³/mol. The Hall–Kier alpha value is -1.88. The minimum Gasteiger partial charge on any atom is -0.478 e. The molecule has 1 aromatic carbocycles. The van der Waals surface area contributed by atoms with Gasteiger partial charge < -0.3 is 15.3 Å². The van der Waals surface area contributed by atoms with E-state index in [4.69, 9.17) is 10.2 Å². The van der Waals surface area contributed by atoms with E-state index < -0.39 is 11.9 Å². The molecule has 1 aliphatic carbocycles. The van der Waals surface area contributed by atoms with Crippen LogP contribution in [0.3, 0.4) is 0 Å². The molecule has 1 saturated carbocycles. The van der Waals surface area contributed by atoms with E-state index >= 15 is 0 Å². The molecule has 5 heteroatoms.